The van der Waals surface area contributed by atoms with Gasteiger partial charge in [0.15, 0.2) is 0 Å². The maximum absolute atomic E-state index is 12.0. The Labute approximate surface area is 114 Å². The highest BCUT2D eigenvalue weighted by Gasteiger charge is 2.12. The van der Waals surface area contributed by atoms with E-state index in [4.69, 9.17) is 0 Å². The van der Waals surface area contributed by atoms with Crippen molar-refractivity contribution in [1.82, 2.24) is 5.32 Å². The van der Waals surface area contributed by atoms with Gasteiger partial charge in [0.1, 0.15) is 0 Å². The van der Waals surface area contributed by atoms with E-state index in [1.807, 2.05) is 25.1 Å². The lowest BCUT2D eigenvalue weighted by Crippen LogP contribution is -2.27. The number of benzene rings is 1. The number of hydrogen-bond donors (Lipinski definition) is 3. The molecule has 0 aliphatic carbocycles. The normalized spacial score (nSPS) is 15.3. The fourth-order valence-corrected chi connectivity index (χ4v) is 2.27. The van der Waals surface area contributed by atoms with Gasteiger partial charge in [-0.05, 0) is 49.4 Å². The summed E-state index contributed by atoms with van der Waals surface area (Å²) in [5.41, 5.74) is 3.06. The summed E-state index contributed by atoms with van der Waals surface area (Å²) >= 11 is 0. The van der Waals surface area contributed by atoms with E-state index in [0.717, 1.165) is 31.5 Å². The average Bonchev–Trinajstić information content (AvgIpc) is 2.46. The Balaban J connectivity index is 1.92. The monoisotopic (exact) mass is 262 g/mol. The Bertz CT molecular complexity index is 446. The van der Waals surface area contributed by atoms with Crippen molar-refractivity contribution in [3.63, 3.8) is 0 Å². The molecule has 4 nitrogen and oxygen atoms in total. The molecule has 3 N–H and O–H groups in total. The number of rotatable bonds is 5. The molecule has 1 unspecified atom stereocenters. The van der Waals surface area contributed by atoms with Crippen LogP contribution in [0.3, 0.4) is 0 Å². The van der Waals surface area contributed by atoms with Crippen molar-refractivity contribution >= 4 is 11.6 Å². The molecule has 1 aromatic rings. The average molecular weight is 262 g/mol. The summed E-state index contributed by atoms with van der Waals surface area (Å²) < 4.78 is 0. The Morgan fingerprint density at radius 3 is 3.16 bits per heavy atom. The van der Waals surface area contributed by atoms with Crippen LogP contribution in [-0.2, 0) is 6.42 Å². The van der Waals surface area contributed by atoms with Gasteiger partial charge < -0.3 is 15.7 Å². The lowest BCUT2D eigenvalue weighted by atomic mass is 10.0. The second kappa shape index (κ2) is 6.57. The van der Waals surface area contributed by atoms with Crippen molar-refractivity contribution in [2.45, 2.75) is 38.7 Å². The Morgan fingerprint density at radius 1 is 1.53 bits per heavy atom. The molecule has 0 fully saturated rings. The van der Waals surface area contributed by atoms with E-state index in [0.29, 0.717) is 18.5 Å². The van der Waals surface area contributed by atoms with E-state index in [9.17, 15) is 9.90 Å². The molecular weight excluding hydrogens is 240 g/mol. The van der Waals surface area contributed by atoms with Gasteiger partial charge in [0.05, 0.1) is 6.10 Å². The molecule has 1 aliphatic heterocycles. The van der Waals surface area contributed by atoms with Gasteiger partial charge in [-0.2, -0.15) is 0 Å². The van der Waals surface area contributed by atoms with Crippen LogP contribution in [0.25, 0.3) is 0 Å². The van der Waals surface area contributed by atoms with Crippen LogP contribution in [0.4, 0.5) is 5.69 Å². The summed E-state index contributed by atoms with van der Waals surface area (Å²) in [6.45, 7) is 3.46. The van der Waals surface area contributed by atoms with Crippen molar-refractivity contribution < 1.29 is 9.90 Å². The number of carbonyl (C=O) groups excluding carboxylic acids is 1. The number of hydrogen-bond acceptors (Lipinski definition) is 3. The first-order valence-corrected chi connectivity index (χ1v) is 7.03. The summed E-state index contributed by atoms with van der Waals surface area (Å²) in [6.07, 6.45) is 3.14. The summed E-state index contributed by atoms with van der Waals surface area (Å²) in [4.78, 5) is 12.0. The zero-order valence-electron chi connectivity index (χ0n) is 11.4. The number of anilines is 1. The van der Waals surface area contributed by atoms with Crippen molar-refractivity contribution in [2.75, 3.05) is 18.4 Å². The predicted octanol–water partition coefficient (Wildman–Crippen LogP) is 1.94. The molecule has 0 radical (unpaired) electrons. The molecule has 0 spiro atoms. The van der Waals surface area contributed by atoms with Gasteiger partial charge in [0, 0.05) is 24.3 Å². The number of fused-ring (bicyclic) bond motifs is 1. The predicted molar refractivity (Wildman–Crippen MR) is 76.5 cm³/mol. The van der Waals surface area contributed by atoms with Crippen LogP contribution in [0.15, 0.2) is 18.2 Å². The molecule has 0 bridgehead atoms. The van der Waals surface area contributed by atoms with Gasteiger partial charge in [0.2, 0.25) is 0 Å². The van der Waals surface area contributed by atoms with Gasteiger partial charge in [-0.25, -0.2) is 0 Å². The van der Waals surface area contributed by atoms with Gasteiger partial charge >= 0.3 is 0 Å². The largest absolute Gasteiger partial charge is 0.393 e. The van der Waals surface area contributed by atoms with Crippen molar-refractivity contribution in [3.8, 4) is 0 Å². The Kier molecular flexibility index (Phi) is 4.80. The minimum absolute atomic E-state index is 0.0586. The first-order valence-electron chi connectivity index (χ1n) is 7.03. The third-order valence-corrected chi connectivity index (χ3v) is 3.54. The summed E-state index contributed by atoms with van der Waals surface area (Å²) in [7, 11) is 0. The van der Waals surface area contributed by atoms with Gasteiger partial charge in [-0.15, -0.1) is 0 Å². The van der Waals surface area contributed by atoms with E-state index < -0.39 is 0 Å². The van der Waals surface area contributed by atoms with E-state index >= 15 is 0 Å². The number of nitrogens with one attached hydrogen (secondary N) is 2. The van der Waals surface area contributed by atoms with E-state index in [1.165, 1.54) is 5.56 Å². The van der Waals surface area contributed by atoms with Crippen LogP contribution in [0.5, 0.6) is 0 Å². The highest BCUT2D eigenvalue weighted by atomic mass is 16.3. The van der Waals surface area contributed by atoms with E-state index in [1.54, 1.807) is 0 Å². The molecule has 19 heavy (non-hydrogen) atoms. The molecule has 1 amide bonds. The van der Waals surface area contributed by atoms with Crippen LogP contribution in [-0.4, -0.2) is 30.2 Å². The zero-order valence-corrected chi connectivity index (χ0v) is 11.4. The third-order valence-electron chi connectivity index (χ3n) is 3.54. The molecule has 1 aromatic carbocycles. The minimum Gasteiger partial charge on any atom is -0.393 e. The quantitative estimate of drug-likeness (QED) is 0.760. The molecule has 0 saturated carbocycles. The van der Waals surface area contributed by atoms with E-state index in [2.05, 4.69) is 10.6 Å². The highest BCUT2D eigenvalue weighted by Crippen LogP contribution is 2.22. The van der Waals surface area contributed by atoms with Crippen LogP contribution in [0.1, 0.15) is 42.1 Å². The molecule has 0 saturated heterocycles. The first-order chi connectivity index (χ1) is 9.20. The lowest BCUT2D eigenvalue weighted by molar-refractivity contribution is 0.0942. The number of carbonyl (C=O) groups is 1. The molecule has 0 aromatic heterocycles. The highest BCUT2D eigenvalue weighted by molar-refractivity contribution is 5.94. The fraction of sp³-hybridized carbons (Fsp3) is 0.533. The second-order valence-corrected chi connectivity index (χ2v) is 5.01. The topological polar surface area (TPSA) is 61.4 Å². The molecule has 1 heterocycles. The van der Waals surface area contributed by atoms with Gasteiger partial charge in [-0.1, -0.05) is 6.92 Å². The second-order valence-electron chi connectivity index (χ2n) is 5.01. The van der Waals surface area contributed by atoms with Crippen LogP contribution in [0.2, 0.25) is 0 Å². The molecule has 2 rings (SSSR count). The standard InChI is InChI=1S/C15H22N2O2/c1-2-13(18)7-9-17-15(19)12-5-6-14-11(10-12)4-3-8-16-14/h5-6,10,13,16,18H,2-4,7-9H2,1H3,(H,17,19). The summed E-state index contributed by atoms with van der Waals surface area (Å²) in [5.74, 6) is -0.0586. The first kappa shape index (κ1) is 13.9. The molecule has 1 aliphatic rings. The number of aryl methyl sites for hydroxylation is 1. The summed E-state index contributed by atoms with van der Waals surface area (Å²) in [5, 5.41) is 15.6. The van der Waals surface area contributed by atoms with Gasteiger partial charge in [0.25, 0.3) is 5.91 Å². The number of aliphatic hydroxyl groups excluding tert-OH is 1. The maximum atomic E-state index is 12.0. The summed E-state index contributed by atoms with van der Waals surface area (Å²) in [6, 6.07) is 5.79. The SMILES string of the molecule is CCC(O)CCNC(=O)c1ccc2c(c1)CCCN2. The van der Waals surface area contributed by atoms with Crippen LogP contribution >= 0.6 is 0 Å². The van der Waals surface area contributed by atoms with Crippen molar-refractivity contribution in [2.24, 2.45) is 0 Å². The van der Waals surface area contributed by atoms with Crippen molar-refractivity contribution in [1.29, 1.82) is 0 Å². The zero-order chi connectivity index (χ0) is 13.7. The maximum Gasteiger partial charge on any atom is 0.251 e. The van der Waals surface area contributed by atoms with Crippen LogP contribution < -0.4 is 10.6 Å². The van der Waals surface area contributed by atoms with Crippen molar-refractivity contribution in [3.05, 3.63) is 29.3 Å². The number of amides is 1. The van der Waals surface area contributed by atoms with Crippen LogP contribution in [0, 0.1) is 0 Å². The molecule has 1 atom stereocenters. The molecular formula is C15H22N2O2. The smallest absolute Gasteiger partial charge is 0.251 e. The molecule has 4 heteroatoms. The Hall–Kier alpha value is -1.55. The number of aliphatic hydroxyl groups is 1. The van der Waals surface area contributed by atoms with E-state index in [-0.39, 0.29) is 12.0 Å². The Morgan fingerprint density at radius 2 is 2.37 bits per heavy atom. The molecule has 104 valence electrons. The van der Waals surface area contributed by atoms with Gasteiger partial charge in [-0.3, -0.25) is 4.79 Å². The fourth-order valence-electron chi connectivity index (χ4n) is 2.27. The lowest BCUT2D eigenvalue weighted by Gasteiger charge is -2.18. The minimum atomic E-state index is -0.326. The third kappa shape index (κ3) is 3.70.